The Hall–Kier alpha value is -2.35. The van der Waals surface area contributed by atoms with Gasteiger partial charge in [-0.25, -0.2) is 9.97 Å². The summed E-state index contributed by atoms with van der Waals surface area (Å²) in [6, 6.07) is 15.4. The van der Waals surface area contributed by atoms with Crippen molar-refractivity contribution in [3.63, 3.8) is 0 Å². The highest BCUT2D eigenvalue weighted by Crippen LogP contribution is 2.26. The van der Waals surface area contributed by atoms with Gasteiger partial charge in [0, 0.05) is 41.5 Å². The molecule has 1 aromatic heterocycles. The molecule has 2 N–H and O–H groups in total. The van der Waals surface area contributed by atoms with Crippen LogP contribution in [0.1, 0.15) is 12.7 Å². The van der Waals surface area contributed by atoms with E-state index in [0.29, 0.717) is 30.5 Å². The summed E-state index contributed by atoms with van der Waals surface area (Å²) in [5.41, 5.74) is 6.96. The Morgan fingerprint density at radius 1 is 1.10 bits per heavy atom. The summed E-state index contributed by atoms with van der Waals surface area (Å²) in [6.07, 6.45) is 0. The summed E-state index contributed by atoms with van der Waals surface area (Å²) >= 11 is 7.50. The number of nitrogen functional groups attached to an aromatic ring is 1. The summed E-state index contributed by atoms with van der Waals surface area (Å²) in [5, 5.41) is 1.44. The molecule has 2 heterocycles. The van der Waals surface area contributed by atoms with Crippen LogP contribution < -0.4 is 5.73 Å². The average Bonchev–Trinajstić information content (AvgIpc) is 2.75. The quantitative estimate of drug-likeness (QED) is 0.608. The summed E-state index contributed by atoms with van der Waals surface area (Å²) in [7, 11) is 0. The Labute approximate surface area is 185 Å². The number of benzene rings is 2. The Bertz CT molecular complexity index is 1040. The average molecular weight is 442 g/mol. The lowest BCUT2D eigenvalue weighted by Crippen LogP contribution is -2.50. The van der Waals surface area contributed by atoms with E-state index in [1.54, 1.807) is 11.8 Å². The highest BCUT2D eigenvalue weighted by Gasteiger charge is 2.26. The first-order chi connectivity index (χ1) is 14.5. The molecule has 1 aliphatic heterocycles. The minimum Gasteiger partial charge on any atom is -0.383 e. The number of piperazine rings is 1. The number of anilines is 1. The fourth-order valence-electron chi connectivity index (χ4n) is 3.57. The first-order valence-corrected chi connectivity index (χ1v) is 11.2. The standard InChI is InChI=1S/C22H24ClN5OS/c1-15(30-17-8-6-16(23)7-9-17)22(29)28-12-10-27(11-13-28)14-20-25-19-5-3-2-4-18(19)21(24)26-20/h2-9,15H,10-14H2,1H3,(H2,24,25,26). The number of carbonyl (C=O) groups is 1. The maximum atomic E-state index is 12.8. The van der Waals surface area contributed by atoms with E-state index < -0.39 is 0 Å². The van der Waals surface area contributed by atoms with Gasteiger partial charge in [0.1, 0.15) is 11.6 Å². The number of amides is 1. The number of rotatable bonds is 5. The lowest BCUT2D eigenvalue weighted by Gasteiger charge is -2.35. The Morgan fingerprint density at radius 3 is 2.53 bits per heavy atom. The molecule has 1 aliphatic rings. The number of carbonyl (C=O) groups excluding carboxylic acids is 1. The summed E-state index contributed by atoms with van der Waals surface area (Å²) in [5.74, 6) is 1.40. The number of fused-ring (bicyclic) bond motifs is 1. The maximum absolute atomic E-state index is 12.8. The van der Waals surface area contributed by atoms with E-state index in [1.807, 2.05) is 60.4 Å². The van der Waals surface area contributed by atoms with E-state index in [1.165, 1.54) is 0 Å². The summed E-state index contributed by atoms with van der Waals surface area (Å²) in [6.45, 7) is 5.58. The van der Waals surface area contributed by atoms with Crippen LogP contribution in [0.25, 0.3) is 10.9 Å². The molecule has 6 nitrogen and oxygen atoms in total. The second-order valence-electron chi connectivity index (χ2n) is 7.36. The Kier molecular flexibility index (Phi) is 6.41. The number of aromatic nitrogens is 2. The lowest BCUT2D eigenvalue weighted by molar-refractivity contribution is -0.132. The minimum absolute atomic E-state index is 0.138. The summed E-state index contributed by atoms with van der Waals surface area (Å²) in [4.78, 5) is 27.2. The van der Waals surface area contributed by atoms with Gasteiger partial charge in [-0.15, -0.1) is 11.8 Å². The van der Waals surface area contributed by atoms with Crippen molar-refractivity contribution in [2.45, 2.75) is 23.6 Å². The van der Waals surface area contributed by atoms with Crippen LogP contribution in [0.5, 0.6) is 0 Å². The fourth-order valence-corrected chi connectivity index (χ4v) is 4.65. The van der Waals surface area contributed by atoms with Gasteiger partial charge in [0.15, 0.2) is 0 Å². The van der Waals surface area contributed by atoms with Gasteiger partial charge in [-0.05, 0) is 43.3 Å². The predicted octanol–water partition coefficient (Wildman–Crippen LogP) is 3.69. The van der Waals surface area contributed by atoms with Gasteiger partial charge in [0.05, 0.1) is 17.3 Å². The SMILES string of the molecule is CC(Sc1ccc(Cl)cc1)C(=O)N1CCN(Cc2nc(N)c3ccccc3n2)CC1. The molecule has 8 heteroatoms. The van der Waals surface area contributed by atoms with E-state index in [-0.39, 0.29) is 11.2 Å². The third-order valence-corrected chi connectivity index (χ3v) is 6.55. The highest BCUT2D eigenvalue weighted by molar-refractivity contribution is 8.00. The van der Waals surface area contributed by atoms with Gasteiger partial charge in [-0.2, -0.15) is 0 Å². The monoisotopic (exact) mass is 441 g/mol. The molecular formula is C22H24ClN5OS. The van der Waals surface area contributed by atoms with Crippen LogP contribution in [0.2, 0.25) is 5.02 Å². The molecule has 1 unspecified atom stereocenters. The van der Waals surface area contributed by atoms with E-state index in [4.69, 9.17) is 17.3 Å². The molecule has 0 aliphatic carbocycles. The van der Waals surface area contributed by atoms with Crippen molar-refractivity contribution >= 4 is 46.0 Å². The van der Waals surface area contributed by atoms with Crippen LogP contribution in [-0.2, 0) is 11.3 Å². The number of para-hydroxylation sites is 1. The maximum Gasteiger partial charge on any atom is 0.235 e. The second kappa shape index (κ2) is 9.20. The van der Waals surface area contributed by atoms with Gasteiger partial charge >= 0.3 is 0 Å². The molecule has 1 saturated heterocycles. The van der Waals surface area contributed by atoms with Crippen LogP contribution in [0.4, 0.5) is 5.82 Å². The van der Waals surface area contributed by atoms with E-state index in [0.717, 1.165) is 34.7 Å². The van der Waals surface area contributed by atoms with Crippen LogP contribution in [0.15, 0.2) is 53.4 Å². The molecule has 0 spiro atoms. The molecular weight excluding hydrogens is 418 g/mol. The number of halogens is 1. The molecule has 3 aromatic rings. The molecule has 1 amide bonds. The van der Waals surface area contributed by atoms with Gasteiger partial charge < -0.3 is 10.6 Å². The van der Waals surface area contributed by atoms with Crippen molar-refractivity contribution in [1.29, 1.82) is 0 Å². The first-order valence-electron chi connectivity index (χ1n) is 9.94. The lowest BCUT2D eigenvalue weighted by atomic mass is 10.2. The zero-order valence-corrected chi connectivity index (χ0v) is 18.4. The van der Waals surface area contributed by atoms with Gasteiger partial charge in [-0.1, -0.05) is 23.7 Å². The molecule has 156 valence electrons. The third kappa shape index (κ3) is 4.86. The van der Waals surface area contributed by atoms with Crippen LogP contribution in [0.3, 0.4) is 0 Å². The molecule has 1 atom stereocenters. The van der Waals surface area contributed by atoms with Crippen molar-refractivity contribution < 1.29 is 4.79 Å². The fraction of sp³-hybridized carbons (Fsp3) is 0.318. The molecule has 2 aromatic carbocycles. The van der Waals surface area contributed by atoms with Crippen LogP contribution in [0, 0.1) is 0 Å². The first kappa shape index (κ1) is 20.9. The number of hydrogen-bond donors (Lipinski definition) is 1. The van der Waals surface area contributed by atoms with Crippen molar-refractivity contribution in [3.05, 3.63) is 59.4 Å². The minimum atomic E-state index is -0.138. The molecule has 30 heavy (non-hydrogen) atoms. The summed E-state index contributed by atoms with van der Waals surface area (Å²) < 4.78 is 0. The van der Waals surface area contributed by atoms with E-state index in [2.05, 4.69) is 14.9 Å². The molecule has 0 bridgehead atoms. The largest absolute Gasteiger partial charge is 0.383 e. The van der Waals surface area contributed by atoms with Crippen LogP contribution in [-0.4, -0.2) is 57.1 Å². The van der Waals surface area contributed by atoms with Crippen molar-refractivity contribution in [2.24, 2.45) is 0 Å². The van der Waals surface area contributed by atoms with Gasteiger partial charge in [0.25, 0.3) is 0 Å². The second-order valence-corrected chi connectivity index (χ2v) is 9.21. The topological polar surface area (TPSA) is 75.4 Å². The number of thioether (sulfide) groups is 1. The predicted molar refractivity (Wildman–Crippen MR) is 123 cm³/mol. The van der Waals surface area contributed by atoms with Gasteiger partial charge in [0.2, 0.25) is 5.91 Å². The van der Waals surface area contributed by atoms with Crippen molar-refractivity contribution in [3.8, 4) is 0 Å². The Balaban J connectivity index is 1.32. The third-order valence-electron chi connectivity index (χ3n) is 5.20. The number of nitrogens with zero attached hydrogens (tertiary/aromatic N) is 4. The van der Waals surface area contributed by atoms with Crippen LogP contribution >= 0.6 is 23.4 Å². The Morgan fingerprint density at radius 2 is 1.80 bits per heavy atom. The van der Waals surface area contributed by atoms with Crippen molar-refractivity contribution in [2.75, 3.05) is 31.9 Å². The zero-order chi connectivity index (χ0) is 21.1. The number of hydrogen-bond acceptors (Lipinski definition) is 6. The van der Waals surface area contributed by atoms with Gasteiger partial charge in [-0.3, -0.25) is 9.69 Å². The smallest absolute Gasteiger partial charge is 0.235 e. The molecule has 4 rings (SSSR count). The van der Waals surface area contributed by atoms with E-state index >= 15 is 0 Å². The van der Waals surface area contributed by atoms with Crippen molar-refractivity contribution in [1.82, 2.24) is 19.8 Å². The highest BCUT2D eigenvalue weighted by atomic mass is 35.5. The molecule has 0 saturated carbocycles. The molecule has 1 fully saturated rings. The normalized spacial score (nSPS) is 16.0. The van der Waals surface area contributed by atoms with E-state index in [9.17, 15) is 4.79 Å². The zero-order valence-electron chi connectivity index (χ0n) is 16.8. The molecule has 0 radical (unpaired) electrons. The number of nitrogens with two attached hydrogens (primary N) is 1.